The van der Waals surface area contributed by atoms with Crippen molar-refractivity contribution in [3.8, 4) is 0 Å². The lowest BCUT2D eigenvalue weighted by Crippen LogP contribution is -2.50. The van der Waals surface area contributed by atoms with E-state index < -0.39 is 6.10 Å². The van der Waals surface area contributed by atoms with Crippen molar-refractivity contribution >= 4 is 5.91 Å². The number of piperazine rings is 1. The van der Waals surface area contributed by atoms with E-state index in [1.54, 1.807) is 0 Å². The molecule has 2 saturated heterocycles. The van der Waals surface area contributed by atoms with Crippen LogP contribution in [0.25, 0.3) is 0 Å². The van der Waals surface area contributed by atoms with Crippen LogP contribution in [0, 0.1) is 11.3 Å². The molecule has 2 unspecified atom stereocenters. The van der Waals surface area contributed by atoms with Crippen molar-refractivity contribution in [2.45, 2.75) is 25.4 Å². The normalized spacial score (nSPS) is 27.2. The van der Waals surface area contributed by atoms with Crippen molar-refractivity contribution in [1.82, 2.24) is 15.1 Å². The van der Waals surface area contributed by atoms with Gasteiger partial charge in [0.25, 0.3) is 0 Å². The molecule has 2 N–H and O–H groups in total. The molecule has 136 valence electrons. The average molecular weight is 343 g/mol. The summed E-state index contributed by atoms with van der Waals surface area (Å²) >= 11 is 0. The van der Waals surface area contributed by atoms with Gasteiger partial charge in [-0.05, 0) is 43.3 Å². The molecule has 5 heteroatoms. The van der Waals surface area contributed by atoms with E-state index >= 15 is 0 Å². The van der Waals surface area contributed by atoms with Gasteiger partial charge in [-0.1, -0.05) is 30.3 Å². The summed E-state index contributed by atoms with van der Waals surface area (Å²) in [5.74, 6) is 0.654. The fraction of sp³-hybridized carbons (Fsp3) is 0.650. The van der Waals surface area contributed by atoms with Crippen molar-refractivity contribution in [3.05, 3.63) is 35.9 Å². The monoisotopic (exact) mass is 343 g/mol. The average Bonchev–Trinajstić information content (AvgIpc) is 3.35. The maximum atomic E-state index is 12.8. The maximum Gasteiger partial charge on any atom is 0.226 e. The second-order valence-electron chi connectivity index (χ2n) is 7.92. The first-order valence-corrected chi connectivity index (χ1v) is 9.63. The molecule has 1 amide bonds. The highest BCUT2D eigenvalue weighted by Gasteiger charge is 2.58. The van der Waals surface area contributed by atoms with Crippen LogP contribution in [0.1, 0.15) is 30.9 Å². The summed E-state index contributed by atoms with van der Waals surface area (Å²) in [6.45, 7) is 6.08. The molecule has 2 aliphatic heterocycles. The first-order chi connectivity index (χ1) is 12.2. The topological polar surface area (TPSA) is 55.8 Å². The second-order valence-corrected chi connectivity index (χ2v) is 7.92. The Morgan fingerprint density at radius 3 is 2.52 bits per heavy atom. The molecule has 5 nitrogen and oxygen atoms in total. The van der Waals surface area contributed by atoms with Gasteiger partial charge >= 0.3 is 0 Å². The number of aliphatic hydroxyl groups excluding tert-OH is 1. The van der Waals surface area contributed by atoms with Gasteiger partial charge in [0.1, 0.15) is 0 Å². The van der Waals surface area contributed by atoms with Gasteiger partial charge in [-0.25, -0.2) is 0 Å². The molecule has 1 saturated carbocycles. The number of hydrogen-bond donors (Lipinski definition) is 2. The van der Waals surface area contributed by atoms with Crippen LogP contribution in [0.15, 0.2) is 30.3 Å². The summed E-state index contributed by atoms with van der Waals surface area (Å²) < 4.78 is 0. The number of rotatable bonds is 4. The number of aliphatic hydroxyl groups is 1. The summed E-state index contributed by atoms with van der Waals surface area (Å²) in [5, 5.41) is 13.8. The standard InChI is InChI=1S/C20H29N3O2/c24-18(16-4-2-1-3-5-16)15-22-10-12-23(13-11-22)19(25)17-14-20(17)6-8-21-9-7-20/h1-5,17-18,21,24H,6-15H2. The van der Waals surface area contributed by atoms with Gasteiger partial charge in [-0.2, -0.15) is 0 Å². The highest BCUT2D eigenvalue weighted by Crippen LogP contribution is 2.59. The van der Waals surface area contributed by atoms with E-state index in [0.717, 1.165) is 64.1 Å². The zero-order valence-electron chi connectivity index (χ0n) is 14.9. The molecular formula is C20H29N3O2. The Morgan fingerprint density at radius 2 is 1.84 bits per heavy atom. The first kappa shape index (κ1) is 17.0. The first-order valence-electron chi connectivity index (χ1n) is 9.63. The maximum absolute atomic E-state index is 12.8. The molecule has 1 aromatic carbocycles. The quantitative estimate of drug-likeness (QED) is 0.864. The number of hydrogen-bond acceptors (Lipinski definition) is 4. The highest BCUT2D eigenvalue weighted by molar-refractivity contribution is 5.83. The van der Waals surface area contributed by atoms with Gasteiger partial charge in [0, 0.05) is 38.6 Å². The summed E-state index contributed by atoms with van der Waals surface area (Å²) in [6.07, 6.45) is 2.96. The minimum absolute atomic E-state index is 0.274. The van der Waals surface area contributed by atoms with E-state index in [1.807, 2.05) is 30.3 Å². The Kier molecular flexibility index (Phi) is 4.80. The molecule has 1 aromatic rings. The zero-order valence-corrected chi connectivity index (χ0v) is 14.9. The summed E-state index contributed by atoms with van der Waals surface area (Å²) in [7, 11) is 0. The Hall–Kier alpha value is -1.43. The lowest BCUT2D eigenvalue weighted by molar-refractivity contribution is -0.135. The molecule has 4 rings (SSSR count). The molecule has 3 fully saturated rings. The van der Waals surface area contributed by atoms with Crippen LogP contribution in [0.2, 0.25) is 0 Å². The van der Waals surface area contributed by atoms with Crippen LogP contribution in [0.4, 0.5) is 0 Å². The lowest BCUT2D eigenvalue weighted by atomic mass is 9.91. The molecule has 1 aliphatic carbocycles. The number of benzene rings is 1. The number of amides is 1. The summed E-state index contributed by atoms with van der Waals surface area (Å²) in [6, 6.07) is 9.82. The van der Waals surface area contributed by atoms with Crippen molar-refractivity contribution in [1.29, 1.82) is 0 Å². The van der Waals surface area contributed by atoms with Crippen molar-refractivity contribution in [2.75, 3.05) is 45.8 Å². The van der Waals surface area contributed by atoms with Crippen LogP contribution in [0.5, 0.6) is 0 Å². The third kappa shape index (κ3) is 3.59. The molecule has 2 heterocycles. The predicted molar refractivity (Wildman–Crippen MR) is 97.1 cm³/mol. The van der Waals surface area contributed by atoms with Gasteiger partial charge in [0.2, 0.25) is 5.91 Å². The Balaban J connectivity index is 1.25. The van der Waals surface area contributed by atoms with E-state index in [9.17, 15) is 9.90 Å². The van der Waals surface area contributed by atoms with Gasteiger partial charge in [-0.3, -0.25) is 9.69 Å². The molecule has 0 aromatic heterocycles. The van der Waals surface area contributed by atoms with Gasteiger partial charge in [0.15, 0.2) is 0 Å². The molecule has 25 heavy (non-hydrogen) atoms. The fourth-order valence-corrected chi connectivity index (χ4v) is 4.57. The lowest BCUT2D eigenvalue weighted by Gasteiger charge is -2.36. The molecule has 3 aliphatic rings. The van der Waals surface area contributed by atoms with Crippen molar-refractivity contribution in [3.63, 3.8) is 0 Å². The van der Waals surface area contributed by atoms with Gasteiger partial charge < -0.3 is 15.3 Å². The van der Waals surface area contributed by atoms with Crippen LogP contribution in [0.3, 0.4) is 0 Å². The van der Waals surface area contributed by atoms with Gasteiger partial charge in [-0.15, -0.1) is 0 Å². The predicted octanol–water partition coefficient (Wildman–Crippen LogP) is 1.25. The van der Waals surface area contributed by atoms with Crippen molar-refractivity contribution < 1.29 is 9.90 Å². The van der Waals surface area contributed by atoms with E-state index in [-0.39, 0.29) is 5.92 Å². The fourth-order valence-electron chi connectivity index (χ4n) is 4.57. The Bertz CT molecular complexity index is 592. The highest BCUT2D eigenvalue weighted by atomic mass is 16.3. The van der Waals surface area contributed by atoms with Crippen LogP contribution < -0.4 is 5.32 Å². The van der Waals surface area contributed by atoms with Crippen LogP contribution in [-0.4, -0.2) is 66.6 Å². The van der Waals surface area contributed by atoms with E-state index in [0.29, 0.717) is 17.9 Å². The van der Waals surface area contributed by atoms with Gasteiger partial charge in [0.05, 0.1) is 6.10 Å². The number of carbonyl (C=O) groups excluding carboxylic acids is 1. The van der Waals surface area contributed by atoms with Crippen molar-refractivity contribution in [2.24, 2.45) is 11.3 Å². The second kappa shape index (κ2) is 7.06. The number of carbonyl (C=O) groups is 1. The molecule has 1 spiro atoms. The zero-order chi connectivity index (χ0) is 17.3. The Labute approximate surface area is 150 Å². The third-order valence-electron chi connectivity index (χ3n) is 6.39. The third-order valence-corrected chi connectivity index (χ3v) is 6.39. The summed E-state index contributed by atoms with van der Waals surface area (Å²) in [5.41, 5.74) is 1.29. The molecule has 0 radical (unpaired) electrons. The van der Waals surface area contributed by atoms with Crippen LogP contribution in [-0.2, 0) is 4.79 Å². The largest absolute Gasteiger partial charge is 0.387 e. The van der Waals surface area contributed by atoms with E-state index in [1.165, 1.54) is 0 Å². The number of β-amino-alcohol motifs (C(OH)–C–C–N with tert-alkyl or cyclic N) is 1. The number of piperidine rings is 1. The van der Waals surface area contributed by atoms with E-state index in [2.05, 4.69) is 15.1 Å². The SMILES string of the molecule is O=C(C1CC12CCNCC2)N1CCN(CC(O)c2ccccc2)CC1. The number of nitrogens with zero attached hydrogens (tertiary/aromatic N) is 2. The van der Waals surface area contributed by atoms with Crippen LogP contribution >= 0.6 is 0 Å². The molecular weight excluding hydrogens is 314 g/mol. The minimum Gasteiger partial charge on any atom is -0.387 e. The summed E-state index contributed by atoms with van der Waals surface area (Å²) in [4.78, 5) is 17.2. The minimum atomic E-state index is -0.454. The van der Waals surface area contributed by atoms with E-state index in [4.69, 9.17) is 0 Å². The Morgan fingerprint density at radius 1 is 1.16 bits per heavy atom. The smallest absolute Gasteiger partial charge is 0.226 e. The molecule has 0 bridgehead atoms. The number of nitrogens with one attached hydrogen (secondary N) is 1. The molecule has 2 atom stereocenters.